The Kier molecular flexibility index (Phi) is 6.70. The van der Waals surface area contributed by atoms with Gasteiger partial charge in [-0.05, 0) is 53.6 Å². The molecule has 0 saturated carbocycles. The maximum atomic E-state index is 13.0. The van der Waals surface area contributed by atoms with Crippen LogP contribution in [0.2, 0.25) is 15.1 Å². The summed E-state index contributed by atoms with van der Waals surface area (Å²) in [5, 5.41) is 3.24. The monoisotopic (exact) mass is 500 g/mol. The molecule has 3 aromatic rings. The van der Waals surface area contributed by atoms with Crippen LogP contribution in [0.25, 0.3) is 6.08 Å². The summed E-state index contributed by atoms with van der Waals surface area (Å²) >= 11 is 18.5. The van der Waals surface area contributed by atoms with Crippen molar-refractivity contribution in [2.75, 3.05) is 4.90 Å². The van der Waals surface area contributed by atoms with Gasteiger partial charge >= 0.3 is 6.03 Å². The van der Waals surface area contributed by atoms with Gasteiger partial charge in [-0.25, -0.2) is 9.69 Å². The second kappa shape index (κ2) is 9.67. The third-order valence-electron chi connectivity index (χ3n) is 4.75. The van der Waals surface area contributed by atoms with E-state index in [1.165, 1.54) is 12.1 Å². The van der Waals surface area contributed by atoms with E-state index in [9.17, 15) is 14.4 Å². The minimum atomic E-state index is -0.877. The molecule has 1 heterocycles. The van der Waals surface area contributed by atoms with Crippen molar-refractivity contribution in [1.82, 2.24) is 5.32 Å². The van der Waals surface area contributed by atoms with Crippen LogP contribution in [0.1, 0.15) is 11.1 Å². The summed E-state index contributed by atoms with van der Waals surface area (Å²) in [4.78, 5) is 38.5. The van der Waals surface area contributed by atoms with Crippen LogP contribution in [-0.4, -0.2) is 17.8 Å². The molecule has 1 aliphatic rings. The molecule has 3 aromatic carbocycles. The molecule has 6 nitrogen and oxygen atoms in total. The van der Waals surface area contributed by atoms with Crippen molar-refractivity contribution in [3.8, 4) is 5.75 Å². The van der Waals surface area contributed by atoms with Gasteiger partial charge in [-0.1, -0.05) is 65.1 Å². The molecule has 9 heteroatoms. The maximum absolute atomic E-state index is 13.0. The number of carbonyl (C=O) groups is 3. The van der Waals surface area contributed by atoms with Crippen LogP contribution in [0.5, 0.6) is 5.75 Å². The maximum Gasteiger partial charge on any atom is 0.335 e. The first kappa shape index (κ1) is 22.9. The number of benzene rings is 3. The lowest BCUT2D eigenvalue weighted by molar-refractivity contribution is -0.122. The molecule has 0 spiro atoms. The van der Waals surface area contributed by atoms with Gasteiger partial charge in [0.1, 0.15) is 17.9 Å². The summed E-state index contributed by atoms with van der Waals surface area (Å²) in [6.45, 7) is 0.260. The summed E-state index contributed by atoms with van der Waals surface area (Å²) in [7, 11) is 0. The number of urea groups is 1. The number of amides is 4. The third kappa shape index (κ3) is 5.03. The van der Waals surface area contributed by atoms with Gasteiger partial charge in [-0.2, -0.15) is 0 Å². The molecular weight excluding hydrogens is 487 g/mol. The zero-order chi connectivity index (χ0) is 23.5. The molecule has 0 aliphatic carbocycles. The number of anilines is 1. The molecule has 1 saturated heterocycles. The molecule has 0 unspecified atom stereocenters. The van der Waals surface area contributed by atoms with E-state index in [4.69, 9.17) is 39.5 Å². The van der Waals surface area contributed by atoms with Crippen molar-refractivity contribution >= 4 is 64.4 Å². The summed E-state index contributed by atoms with van der Waals surface area (Å²) < 4.78 is 5.74. The highest BCUT2D eigenvalue weighted by molar-refractivity contribution is 6.42. The summed E-state index contributed by atoms with van der Waals surface area (Å²) in [6.07, 6.45) is 1.35. The number of halogens is 3. The Balaban J connectivity index is 1.57. The summed E-state index contributed by atoms with van der Waals surface area (Å²) in [5.41, 5.74) is 1.28. The number of carbonyl (C=O) groups excluding carboxylic acids is 3. The lowest BCUT2D eigenvalue weighted by atomic mass is 10.1. The summed E-state index contributed by atoms with van der Waals surface area (Å²) in [5.74, 6) is -1.19. The van der Waals surface area contributed by atoms with E-state index in [1.807, 2.05) is 12.1 Å². The van der Waals surface area contributed by atoms with Crippen LogP contribution in [0.3, 0.4) is 0 Å². The lowest BCUT2D eigenvalue weighted by Crippen LogP contribution is -2.54. The second-order valence-electron chi connectivity index (χ2n) is 7.02. The van der Waals surface area contributed by atoms with Crippen LogP contribution in [0.4, 0.5) is 10.5 Å². The zero-order valence-electron chi connectivity index (χ0n) is 16.8. The van der Waals surface area contributed by atoms with Gasteiger partial charge in [0.15, 0.2) is 0 Å². The Bertz CT molecular complexity index is 1310. The average Bonchev–Trinajstić information content (AvgIpc) is 2.77. The fraction of sp³-hybridized carbons (Fsp3) is 0.0417. The van der Waals surface area contributed by atoms with Gasteiger partial charge in [0.2, 0.25) is 0 Å². The van der Waals surface area contributed by atoms with Crippen molar-refractivity contribution in [3.05, 3.63) is 98.5 Å². The standard InChI is InChI=1S/C24H15Cl3N2O4/c25-16-5-3-4-15(10-16)13-33-21-9-8-14(12-19(21)27)11-17-22(30)28-24(32)29(23(17)31)20-7-2-1-6-18(20)26/h1-12H,13H2,(H,28,30,32)/b17-11+. The minimum absolute atomic E-state index is 0.169. The highest BCUT2D eigenvalue weighted by atomic mass is 35.5. The van der Waals surface area contributed by atoms with E-state index in [0.717, 1.165) is 10.5 Å². The number of rotatable bonds is 5. The summed E-state index contributed by atoms with van der Waals surface area (Å²) in [6, 6.07) is 17.5. The number of hydrogen-bond donors (Lipinski definition) is 1. The number of hydrogen-bond acceptors (Lipinski definition) is 4. The lowest BCUT2D eigenvalue weighted by Gasteiger charge is -2.27. The predicted molar refractivity (Wildman–Crippen MR) is 128 cm³/mol. The van der Waals surface area contributed by atoms with Gasteiger partial charge in [0.25, 0.3) is 11.8 Å². The molecule has 4 amide bonds. The molecule has 0 radical (unpaired) electrons. The van der Waals surface area contributed by atoms with Gasteiger partial charge < -0.3 is 4.74 Å². The molecule has 33 heavy (non-hydrogen) atoms. The molecule has 1 fully saturated rings. The Hall–Kier alpha value is -3.32. The highest BCUT2D eigenvalue weighted by Gasteiger charge is 2.37. The molecule has 0 aromatic heterocycles. The van der Waals surface area contributed by atoms with Crippen molar-refractivity contribution < 1.29 is 19.1 Å². The van der Waals surface area contributed by atoms with Gasteiger partial charge in [-0.3, -0.25) is 14.9 Å². The van der Waals surface area contributed by atoms with E-state index >= 15 is 0 Å². The van der Waals surface area contributed by atoms with Crippen molar-refractivity contribution in [3.63, 3.8) is 0 Å². The van der Waals surface area contributed by atoms with Crippen LogP contribution in [-0.2, 0) is 16.2 Å². The average molecular weight is 502 g/mol. The van der Waals surface area contributed by atoms with E-state index < -0.39 is 17.8 Å². The SMILES string of the molecule is O=C1NC(=O)N(c2ccccc2Cl)C(=O)/C1=C/c1ccc(OCc2cccc(Cl)c2)c(Cl)c1. The van der Waals surface area contributed by atoms with E-state index in [-0.39, 0.29) is 27.9 Å². The van der Waals surface area contributed by atoms with Crippen molar-refractivity contribution in [2.24, 2.45) is 0 Å². The van der Waals surface area contributed by atoms with E-state index in [2.05, 4.69) is 5.32 Å². The zero-order valence-corrected chi connectivity index (χ0v) is 19.1. The molecule has 166 valence electrons. The number of barbiturate groups is 1. The first-order valence-electron chi connectivity index (χ1n) is 9.66. The number of nitrogens with zero attached hydrogens (tertiary/aromatic N) is 1. The van der Waals surface area contributed by atoms with Gasteiger partial charge in [0, 0.05) is 5.02 Å². The first-order chi connectivity index (χ1) is 15.8. The number of para-hydroxylation sites is 1. The Morgan fingerprint density at radius 3 is 2.39 bits per heavy atom. The highest BCUT2D eigenvalue weighted by Crippen LogP contribution is 2.30. The first-order valence-corrected chi connectivity index (χ1v) is 10.8. The Labute approximate surface area is 204 Å². The molecule has 4 rings (SSSR count). The smallest absolute Gasteiger partial charge is 0.335 e. The topological polar surface area (TPSA) is 75.7 Å². The second-order valence-corrected chi connectivity index (χ2v) is 8.27. The van der Waals surface area contributed by atoms with E-state index in [0.29, 0.717) is 16.3 Å². The van der Waals surface area contributed by atoms with Gasteiger partial charge in [0.05, 0.1) is 15.7 Å². The van der Waals surface area contributed by atoms with Crippen LogP contribution >= 0.6 is 34.8 Å². The van der Waals surface area contributed by atoms with Crippen LogP contribution < -0.4 is 15.0 Å². The van der Waals surface area contributed by atoms with Gasteiger partial charge in [-0.15, -0.1) is 0 Å². The fourth-order valence-corrected chi connectivity index (χ4v) is 3.86. The number of ether oxygens (including phenoxy) is 1. The normalized spacial score (nSPS) is 15.1. The van der Waals surface area contributed by atoms with Crippen molar-refractivity contribution in [1.29, 1.82) is 0 Å². The largest absolute Gasteiger partial charge is 0.487 e. The molecule has 0 atom stereocenters. The van der Waals surface area contributed by atoms with Crippen LogP contribution in [0.15, 0.2) is 72.3 Å². The minimum Gasteiger partial charge on any atom is -0.487 e. The Morgan fingerprint density at radius 1 is 0.879 bits per heavy atom. The molecular formula is C24H15Cl3N2O4. The third-order valence-corrected chi connectivity index (χ3v) is 5.60. The van der Waals surface area contributed by atoms with E-state index in [1.54, 1.807) is 48.5 Å². The fourth-order valence-electron chi connectivity index (χ4n) is 3.19. The number of imide groups is 2. The Morgan fingerprint density at radius 2 is 1.67 bits per heavy atom. The molecule has 1 aliphatic heterocycles. The van der Waals surface area contributed by atoms with Crippen molar-refractivity contribution in [2.45, 2.75) is 6.61 Å². The molecule has 0 bridgehead atoms. The quantitative estimate of drug-likeness (QED) is 0.349. The molecule has 1 N–H and O–H groups in total. The number of nitrogens with one attached hydrogen (secondary N) is 1. The van der Waals surface area contributed by atoms with Crippen LogP contribution in [0, 0.1) is 0 Å². The predicted octanol–water partition coefficient (Wildman–Crippen LogP) is 5.89.